The molecule has 0 saturated carbocycles. The van der Waals surface area contributed by atoms with E-state index in [9.17, 15) is 9.59 Å². The minimum absolute atomic E-state index is 0.0302. The number of carbonyl (C=O) groups excluding carboxylic acids is 2. The molecule has 35 heavy (non-hydrogen) atoms. The molecule has 0 unspecified atom stereocenters. The first-order valence-corrected chi connectivity index (χ1v) is 11.7. The molecule has 3 aromatic rings. The molecule has 0 radical (unpaired) electrons. The van der Waals surface area contributed by atoms with Gasteiger partial charge in [0.1, 0.15) is 5.82 Å². The molecule has 9 nitrogen and oxygen atoms in total. The van der Waals surface area contributed by atoms with Crippen LogP contribution in [0.5, 0.6) is 0 Å². The number of nitrogens with zero attached hydrogens (tertiary/aromatic N) is 3. The van der Waals surface area contributed by atoms with E-state index in [1.54, 1.807) is 17.2 Å². The monoisotopic (exact) mass is 473 g/mol. The molecule has 1 saturated heterocycles. The summed E-state index contributed by atoms with van der Waals surface area (Å²) in [5, 5.41) is 12.6. The predicted octanol–water partition coefficient (Wildman–Crippen LogP) is 3.74. The molecular formula is C26H31N7O2. The van der Waals surface area contributed by atoms with Crippen LogP contribution in [-0.2, 0) is 4.79 Å². The van der Waals surface area contributed by atoms with Gasteiger partial charge in [-0.2, -0.15) is 4.98 Å². The third-order valence-electron chi connectivity index (χ3n) is 5.59. The van der Waals surface area contributed by atoms with Gasteiger partial charge in [-0.3, -0.25) is 9.59 Å². The van der Waals surface area contributed by atoms with Crippen LogP contribution in [0, 0.1) is 6.92 Å². The highest BCUT2D eigenvalue weighted by molar-refractivity contribution is 6.00. The Bertz CT molecular complexity index is 1230. The first-order chi connectivity index (χ1) is 16.8. The number of carbonyl (C=O) groups is 2. The Morgan fingerprint density at radius 1 is 1.14 bits per heavy atom. The van der Waals surface area contributed by atoms with Gasteiger partial charge in [0.05, 0.1) is 17.8 Å². The zero-order valence-corrected chi connectivity index (χ0v) is 20.4. The predicted molar refractivity (Wildman–Crippen MR) is 139 cm³/mol. The Morgan fingerprint density at radius 3 is 2.74 bits per heavy atom. The molecule has 1 aliphatic rings. The van der Waals surface area contributed by atoms with Gasteiger partial charge < -0.3 is 26.2 Å². The molecule has 2 amide bonds. The number of hydrogen-bond acceptors (Lipinski definition) is 7. The van der Waals surface area contributed by atoms with Crippen LogP contribution in [0.1, 0.15) is 36.7 Å². The fraction of sp³-hybridized carbons (Fsp3) is 0.308. The maximum atomic E-state index is 12.6. The minimum atomic E-state index is -0.151. The molecule has 1 fully saturated rings. The third kappa shape index (κ3) is 5.93. The van der Waals surface area contributed by atoms with Gasteiger partial charge in [-0.05, 0) is 58.0 Å². The highest BCUT2D eigenvalue weighted by atomic mass is 16.2. The van der Waals surface area contributed by atoms with Gasteiger partial charge in [-0.15, -0.1) is 0 Å². The smallest absolute Gasteiger partial charge is 0.253 e. The Hall–Kier alpha value is -3.98. The van der Waals surface area contributed by atoms with Crippen molar-refractivity contribution in [1.82, 2.24) is 20.6 Å². The number of rotatable bonds is 7. The van der Waals surface area contributed by atoms with Crippen molar-refractivity contribution >= 4 is 40.6 Å². The average Bonchev–Trinajstić information content (AvgIpc) is 2.83. The first kappa shape index (κ1) is 24.2. The van der Waals surface area contributed by atoms with Gasteiger partial charge >= 0.3 is 0 Å². The number of hydrogen-bond donors (Lipinski definition) is 4. The highest BCUT2D eigenvalue weighted by Crippen LogP contribution is 2.26. The lowest BCUT2D eigenvalue weighted by Crippen LogP contribution is -2.53. The van der Waals surface area contributed by atoms with E-state index in [4.69, 9.17) is 0 Å². The first-order valence-electron chi connectivity index (χ1n) is 11.7. The van der Waals surface area contributed by atoms with Crippen molar-refractivity contribution in [2.45, 2.75) is 39.8 Å². The van der Waals surface area contributed by atoms with Crippen molar-refractivity contribution < 1.29 is 9.59 Å². The maximum Gasteiger partial charge on any atom is 0.253 e. The standard InChI is InChI=1S/C26H31N7O2/c1-16(2)29-25(35)21-10-5-6-11-22(21)31-24-17(3)13-28-26(32-24)30-19-8-7-9-20(12-19)33-15-18(4)27-14-23(33)34/h5-13,16,18,27H,14-15H2,1-4H3,(H,29,35)(H2,28,30,31,32)/t18-/m1/s1. The zero-order chi connectivity index (χ0) is 24.9. The summed E-state index contributed by atoms with van der Waals surface area (Å²) in [4.78, 5) is 35.9. The van der Waals surface area contributed by atoms with Crippen molar-refractivity contribution in [3.8, 4) is 0 Å². The SMILES string of the molecule is Cc1cnc(Nc2cccc(N3C[C@@H](C)NCC3=O)c2)nc1Nc1ccccc1C(=O)NC(C)C. The quantitative estimate of drug-likeness (QED) is 0.414. The highest BCUT2D eigenvalue weighted by Gasteiger charge is 2.23. The third-order valence-corrected chi connectivity index (χ3v) is 5.59. The molecule has 4 N–H and O–H groups in total. The van der Waals surface area contributed by atoms with Gasteiger partial charge in [0.2, 0.25) is 11.9 Å². The van der Waals surface area contributed by atoms with Crippen LogP contribution in [0.4, 0.5) is 28.8 Å². The van der Waals surface area contributed by atoms with Gasteiger partial charge in [0, 0.05) is 41.8 Å². The number of amides is 2. The van der Waals surface area contributed by atoms with Crippen molar-refractivity contribution in [3.05, 3.63) is 65.9 Å². The Labute approximate surface area is 205 Å². The minimum Gasteiger partial charge on any atom is -0.350 e. The second-order valence-electron chi connectivity index (χ2n) is 8.99. The fourth-order valence-corrected chi connectivity index (χ4v) is 3.81. The lowest BCUT2D eigenvalue weighted by atomic mass is 10.1. The molecule has 1 aliphatic heterocycles. The van der Waals surface area contributed by atoms with Gasteiger partial charge in [0.15, 0.2) is 0 Å². The summed E-state index contributed by atoms with van der Waals surface area (Å²) >= 11 is 0. The van der Waals surface area contributed by atoms with Crippen molar-refractivity contribution in [2.75, 3.05) is 28.6 Å². The summed E-state index contributed by atoms with van der Waals surface area (Å²) < 4.78 is 0. The molecule has 2 aromatic carbocycles. The maximum absolute atomic E-state index is 12.6. The number of piperazine rings is 1. The van der Waals surface area contributed by atoms with E-state index in [1.807, 2.05) is 63.2 Å². The van der Waals surface area contributed by atoms with E-state index >= 15 is 0 Å². The summed E-state index contributed by atoms with van der Waals surface area (Å²) in [6.45, 7) is 8.75. The summed E-state index contributed by atoms with van der Waals surface area (Å²) in [6.07, 6.45) is 1.72. The largest absolute Gasteiger partial charge is 0.350 e. The Morgan fingerprint density at radius 2 is 1.94 bits per heavy atom. The van der Waals surface area contributed by atoms with Crippen LogP contribution >= 0.6 is 0 Å². The van der Waals surface area contributed by atoms with Crippen molar-refractivity contribution in [3.63, 3.8) is 0 Å². The lowest BCUT2D eigenvalue weighted by Gasteiger charge is -2.32. The number of anilines is 5. The van der Waals surface area contributed by atoms with Crippen LogP contribution < -0.4 is 26.2 Å². The topological polar surface area (TPSA) is 111 Å². The Kier molecular flexibility index (Phi) is 7.26. The molecule has 1 aromatic heterocycles. The second kappa shape index (κ2) is 10.5. The Balaban J connectivity index is 1.55. The zero-order valence-electron chi connectivity index (χ0n) is 20.4. The summed E-state index contributed by atoms with van der Waals surface area (Å²) in [5.41, 5.74) is 3.63. The molecule has 2 heterocycles. The lowest BCUT2D eigenvalue weighted by molar-refractivity contribution is -0.118. The van der Waals surface area contributed by atoms with Crippen LogP contribution in [0.25, 0.3) is 0 Å². The van der Waals surface area contributed by atoms with E-state index in [-0.39, 0.29) is 23.9 Å². The van der Waals surface area contributed by atoms with Gasteiger partial charge in [-0.1, -0.05) is 18.2 Å². The van der Waals surface area contributed by atoms with Crippen LogP contribution in [0.15, 0.2) is 54.7 Å². The molecule has 182 valence electrons. The van der Waals surface area contributed by atoms with E-state index in [0.29, 0.717) is 36.1 Å². The van der Waals surface area contributed by atoms with E-state index in [2.05, 4.69) is 38.2 Å². The summed E-state index contributed by atoms with van der Waals surface area (Å²) in [6, 6.07) is 15.2. The van der Waals surface area contributed by atoms with Crippen LogP contribution in [-0.4, -0.2) is 47.0 Å². The number of para-hydroxylation sites is 1. The van der Waals surface area contributed by atoms with E-state index in [1.165, 1.54) is 0 Å². The van der Waals surface area contributed by atoms with E-state index in [0.717, 1.165) is 16.9 Å². The number of aromatic nitrogens is 2. The molecule has 0 bridgehead atoms. The molecule has 4 rings (SSSR count). The number of aryl methyl sites for hydroxylation is 1. The molecule has 0 aliphatic carbocycles. The van der Waals surface area contributed by atoms with Crippen LogP contribution in [0.2, 0.25) is 0 Å². The second-order valence-corrected chi connectivity index (χ2v) is 8.99. The fourth-order valence-electron chi connectivity index (χ4n) is 3.81. The average molecular weight is 474 g/mol. The van der Waals surface area contributed by atoms with Crippen LogP contribution in [0.3, 0.4) is 0 Å². The summed E-state index contributed by atoms with van der Waals surface area (Å²) in [7, 11) is 0. The molecule has 9 heteroatoms. The molecule has 0 spiro atoms. The van der Waals surface area contributed by atoms with Gasteiger partial charge in [0.25, 0.3) is 5.91 Å². The number of benzene rings is 2. The number of nitrogens with one attached hydrogen (secondary N) is 4. The van der Waals surface area contributed by atoms with E-state index < -0.39 is 0 Å². The van der Waals surface area contributed by atoms with Gasteiger partial charge in [-0.25, -0.2) is 4.98 Å². The molecule has 1 atom stereocenters. The summed E-state index contributed by atoms with van der Waals surface area (Å²) in [5.74, 6) is 0.883. The molecular weight excluding hydrogens is 442 g/mol. The van der Waals surface area contributed by atoms with Crippen molar-refractivity contribution in [2.24, 2.45) is 0 Å². The normalized spacial score (nSPS) is 15.7. The van der Waals surface area contributed by atoms with Crippen molar-refractivity contribution in [1.29, 1.82) is 0 Å².